The zero-order valence-corrected chi connectivity index (χ0v) is 22.4. The minimum atomic E-state index is 0.771. The third-order valence-corrected chi connectivity index (χ3v) is 9.36. The number of benzene rings is 4. The van der Waals surface area contributed by atoms with Crippen molar-refractivity contribution in [2.75, 3.05) is 11.5 Å². The maximum Gasteiger partial charge on any atom is 0.0492 e. The van der Waals surface area contributed by atoms with Gasteiger partial charge in [-0.15, -0.1) is 0 Å². The van der Waals surface area contributed by atoms with Gasteiger partial charge in [-0.3, -0.25) is 0 Å². The monoisotopic (exact) mass is 506 g/mol. The summed E-state index contributed by atoms with van der Waals surface area (Å²) in [7, 11) is 0. The van der Waals surface area contributed by atoms with Crippen LogP contribution in [0.25, 0.3) is 54.7 Å². The lowest BCUT2D eigenvalue weighted by Crippen LogP contribution is -2.02. The van der Waals surface area contributed by atoms with Crippen LogP contribution in [0.1, 0.15) is 13.8 Å². The Kier molecular flexibility index (Phi) is 5.55. The van der Waals surface area contributed by atoms with Crippen LogP contribution in [0.3, 0.4) is 0 Å². The molecule has 36 heavy (non-hydrogen) atoms. The molecule has 2 saturated heterocycles. The van der Waals surface area contributed by atoms with Crippen LogP contribution >= 0.6 is 23.5 Å². The Bertz CT molecular complexity index is 1600. The van der Waals surface area contributed by atoms with Crippen molar-refractivity contribution in [1.29, 1.82) is 0 Å². The molecule has 4 heteroatoms. The van der Waals surface area contributed by atoms with Gasteiger partial charge >= 0.3 is 0 Å². The second-order valence-corrected chi connectivity index (χ2v) is 12.3. The number of aromatic nitrogens is 2. The zero-order valence-electron chi connectivity index (χ0n) is 20.8. The van der Waals surface area contributed by atoms with Gasteiger partial charge < -0.3 is 9.13 Å². The number of nitrogens with zero attached hydrogens (tertiary/aromatic N) is 2. The van der Waals surface area contributed by atoms with E-state index in [9.17, 15) is 0 Å². The van der Waals surface area contributed by atoms with Crippen LogP contribution < -0.4 is 0 Å². The molecular weight excluding hydrogens is 477 g/mol. The van der Waals surface area contributed by atoms with Crippen molar-refractivity contribution in [3.63, 3.8) is 0 Å². The third kappa shape index (κ3) is 3.74. The fourth-order valence-corrected chi connectivity index (χ4v) is 6.61. The molecule has 8 rings (SSSR count). The predicted octanol–water partition coefficient (Wildman–Crippen LogP) is 8.83. The Morgan fingerprint density at radius 3 is 1.36 bits per heavy atom. The van der Waals surface area contributed by atoms with E-state index < -0.39 is 0 Å². The molecule has 2 aliphatic heterocycles. The first kappa shape index (κ1) is 22.4. The minimum Gasteiger partial charge on any atom is -0.339 e. The van der Waals surface area contributed by atoms with Crippen molar-refractivity contribution in [2.45, 2.75) is 37.4 Å². The first-order valence-electron chi connectivity index (χ1n) is 13.1. The summed E-state index contributed by atoms with van der Waals surface area (Å²) in [5.41, 5.74) is 8.03. The third-order valence-electron chi connectivity index (χ3n) is 7.46. The summed E-state index contributed by atoms with van der Waals surface area (Å²) in [6, 6.07) is 31.9. The van der Waals surface area contributed by atoms with Crippen molar-refractivity contribution in [2.24, 2.45) is 0 Å². The highest BCUT2D eigenvalue weighted by molar-refractivity contribution is 8.07. The van der Waals surface area contributed by atoms with E-state index in [1.165, 1.54) is 66.2 Å². The van der Waals surface area contributed by atoms with E-state index in [1.54, 1.807) is 0 Å². The molecule has 2 aromatic heterocycles. The summed E-state index contributed by atoms with van der Waals surface area (Å²) < 4.78 is 5.07. The van der Waals surface area contributed by atoms with E-state index in [0.717, 1.165) is 23.6 Å². The lowest BCUT2D eigenvalue weighted by atomic mass is 10.0. The van der Waals surface area contributed by atoms with Gasteiger partial charge in [0.25, 0.3) is 0 Å². The summed E-state index contributed by atoms with van der Waals surface area (Å²) in [5, 5.41) is 7.01. The van der Waals surface area contributed by atoms with Crippen molar-refractivity contribution in [1.82, 2.24) is 9.13 Å². The standard InChI is InChI=1S/C30H24N2S2.C2H6/c1-3-7-27-23(5-1)25-13-19(9-11-29(25)31(27)15-21-17-33-21)20-10-12-30-26(14-20)24-6-2-4-8-28(24)32(30)16-22-18-34-22;1-2/h1-14,21-22H,15-18H2;1-2H3. The predicted molar refractivity (Wildman–Crippen MR) is 162 cm³/mol. The average Bonchev–Trinajstić information content (AvgIpc) is 3.87. The highest BCUT2D eigenvalue weighted by atomic mass is 32.2. The Morgan fingerprint density at radius 2 is 0.944 bits per heavy atom. The highest BCUT2D eigenvalue weighted by Gasteiger charge is 2.26. The smallest absolute Gasteiger partial charge is 0.0492 e. The van der Waals surface area contributed by atoms with Crippen molar-refractivity contribution < 1.29 is 0 Å². The molecule has 2 nitrogen and oxygen atoms in total. The van der Waals surface area contributed by atoms with Crippen LogP contribution in [0, 0.1) is 0 Å². The molecule has 6 aromatic rings. The van der Waals surface area contributed by atoms with Crippen LogP contribution in [0.15, 0.2) is 84.9 Å². The Hall–Kier alpha value is -2.82. The van der Waals surface area contributed by atoms with Crippen molar-refractivity contribution >= 4 is 67.1 Å². The number of fused-ring (bicyclic) bond motifs is 6. The lowest BCUT2D eigenvalue weighted by molar-refractivity contribution is 0.777. The number of thioether (sulfide) groups is 2. The van der Waals surface area contributed by atoms with Crippen LogP contribution in [-0.4, -0.2) is 31.1 Å². The van der Waals surface area contributed by atoms with Gasteiger partial charge in [0, 0.05) is 78.7 Å². The van der Waals surface area contributed by atoms with E-state index in [0.29, 0.717) is 0 Å². The molecule has 0 saturated carbocycles. The first-order chi connectivity index (χ1) is 17.8. The maximum atomic E-state index is 2.53. The Labute approximate surface area is 220 Å². The van der Waals surface area contributed by atoms with Crippen molar-refractivity contribution in [3.05, 3.63) is 84.9 Å². The summed E-state index contributed by atoms with van der Waals surface area (Å²) in [5.74, 6) is 2.58. The minimum absolute atomic E-state index is 0.771. The van der Waals surface area contributed by atoms with E-state index in [2.05, 4.69) is 118 Å². The molecule has 0 radical (unpaired) electrons. The highest BCUT2D eigenvalue weighted by Crippen LogP contribution is 2.39. The van der Waals surface area contributed by atoms with Gasteiger partial charge in [-0.25, -0.2) is 0 Å². The summed E-state index contributed by atoms with van der Waals surface area (Å²) >= 11 is 4.14. The number of rotatable bonds is 5. The zero-order chi connectivity index (χ0) is 24.2. The van der Waals surface area contributed by atoms with Crippen LogP contribution in [0.2, 0.25) is 0 Å². The molecule has 0 bridgehead atoms. The fraction of sp³-hybridized carbons (Fsp3) is 0.250. The molecule has 2 atom stereocenters. The van der Waals surface area contributed by atoms with Gasteiger partial charge in [-0.05, 0) is 47.5 Å². The lowest BCUT2D eigenvalue weighted by Gasteiger charge is -2.08. The summed E-state index contributed by atoms with van der Waals surface area (Å²) in [6.45, 7) is 6.22. The molecule has 0 aliphatic carbocycles. The molecule has 2 aliphatic rings. The SMILES string of the molecule is CC.c1ccc2c(c1)c1cc(-c3ccc4c(c3)c3ccccc3n4CC3CS3)ccc1n2CC1CS1. The van der Waals surface area contributed by atoms with Gasteiger partial charge in [0.2, 0.25) is 0 Å². The van der Waals surface area contributed by atoms with Gasteiger partial charge in [0.1, 0.15) is 0 Å². The Morgan fingerprint density at radius 1 is 0.556 bits per heavy atom. The van der Waals surface area contributed by atoms with Gasteiger partial charge in [0.15, 0.2) is 0 Å². The molecule has 0 amide bonds. The number of para-hydroxylation sites is 2. The van der Waals surface area contributed by atoms with Gasteiger partial charge in [-0.1, -0.05) is 62.4 Å². The first-order valence-corrected chi connectivity index (χ1v) is 15.2. The molecule has 2 unspecified atom stereocenters. The molecule has 0 spiro atoms. The van der Waals surface area contributed by atoms with Crippen molar-refractivity contribution in [3.8, 4) is 11.1 Å². The molecule has 4 heterocycles. The normalized spacial score (nSPS) is 18.6. The molecule has 180 valence electrons. The topological polar surface area (TPSA) is 9.86 Å². The van der Waals surface area contributed by atoms with Gasteiger partial charge in [-0.2, -0.15) is 23.5 Å². The van der Waals surface area contributed by atoms with E-state index in [4.69, 9.17) is 0 Å². The van der Waals surface area contributed by atoms with Crippen LogP contribution in [0.4, 0.5) is 0 Å². The second kappa shape index (κ2) is 8.93. The number of hydrogen-bond donors (Lipinski definition) is 0. The maximum absolute atomic E-state index is 2.53. The quantitative estimate of drug-likeness (QED) is 0.216. The van der Waals surface area contributed by atoms with E-state index in [-0.39, 0.29) is 0 Å². The molecule has 0 N–H and O–H groups in total. The summed E-state index contributed by atoms with van der Waals surface area (Å²) in [4.78, 5) is 0. The van der Waals surface area contributed by atoms with Crippen LogP contribution in [-0.2, 0) is 13.1 Å². The largest absolute Gasteiger partial charge is 0.339 e. The Balaban J connectivity index is 0.00000108. The van der Waals surface area contributed by atoms with Crippen LogP contribution in [0.5, 0.6) is 0 Å². The molecule has 2 fully saturated rings. The summed E-state index contributed by atoms with van der Waals surface area (Å²) in [6.07, 6.45) is 0. The number of hydrogen-bond acceptors (Lipinski definition) is 2. The molecule has 4 aromatic carbocycles. The van der Waals surface area contributed by atoms with E-state index >= 15 is 0 Å². The second-order valence-electron chi connectivity index (χ2n) is 9.63. The average molecular weight is 507 g/mol. The fourth-order valence-electron chi connectivity index (χ4n) is 5.61. The molecular formula is C32H30N2S2. The van der Waals surface area contributed by atoms with E-state index in [1.807, 2.05) is 13.8 Å². The van der Waals surface area contributed by atoms with Gasteiger partial charge in [0.05, 0.1) is 0 Å².